The average Bonchev–Trinajstić information content (AvgIpc) is 2.44. The van der Waals surface area contributed by atoms with Crippen molar-refractivity contribution in [3.05, 3.63) is 28.8 Å². The molecule has 0 aliphatic heterocycles. The summed E-state index contributed by atoms with van der Waals surface area (Å²) in [4.78, 5) is 14.9. The maximum absolute atomic E-state index is 12.8. The summed E-state index contributed by atoms with van der Waals surface area (Å²) >= 11 is 0. The van der Waals surface area contributed by atoms with Gasteiger partial charge in [0.05, 0.1) is 0 Å². The zero-order chi connectivity index (χ0) is 14.7. The molecule has 2 rings (SSSR count). The second-order valence-electron chi connectivity index (χ2n) is 5.91. The molecule has 1 aliphatic carbocycles. The highest BCUT2D eigenvalue weighted by Gasteiger charge is 2.26. The molecule has 3 heteroatoms. The van der Waals surface area contributed by atoms with Gasteiger partial charge >= 0.3 is 0 Å². The molecule has 0 aromatic heterocycles. The van der Waals surface area contributed by atoms with Gasteiger partial charge in [-0.15, -0.1) is 0 Å². The van der Waals surface area contributed by atoms with Gasteiger partial charge in [0.2, 0.25) is 0 Å². The number of nitrogens with two attached hydrogens (primary N) is 1. The van der Waals surface area contributed by atoms with Crippen molar-refractivity contribution in [1.82, 2.24) is 4.90 Å². The molecule has 110 valence electrons. The quantitative estimate of drug-likeness (QED) is 0.855. The van der Waals surface area contributed by atoms with Gasteiger partial charge in [-0.3, -0.25) is 4.79 Å². The molecule has 0 atom stereocenters. The molecule has 0 bridgehead atoms. The van der Waals surface area contributed by atoms with E-state index in [2.05, 4.69) is 6.92 Å². The number of nitrogens with zero attached hydrogens (tertiary/aromatic N) is 1. The predicted molar refractivity (Wildman–Crippen MR) is 83.9 cm³/mol. The highest BCUT2D eigenvalue weighted by molar-refractivity contribution is 5.97. The minimum Gasteiger partial charge on any atom is -0.398 e. The fourth-order valence-corrected chi connectivity index (χ4v) is 3.21. The monoisotopic (exact) mass is 274 g/mol. The molecular formula is C17H26N2O. The molecule has 0 heterocycles. The molecule has 1 aliphatic rings. The van der Waals surface area contributed by atoms with E-state index in [0.29, 0.717) is 11.7 Å². The van der Waals surface area contributed by atoms with Gasteiger partial charge in [-0.1, -0.05) is 25.3 Å². The van der Waals surface area contributed by atoms with Crippen molar-refractivity contribution in [1.29, 1.82) is 0 Å². The van der Waals surface area contributed by atoms with E-state index < -0.39 is 0 Å². The zero-order valence-corrected chi connectivity index (χ0v) is 12.9. The van der Waals surface area contributed by atoms with Crippen molar-refractivity contribution in [2.24, 2.45) is 0 Å². The Balaban J connectivity index is 2.26. The number of carbonyl (C=O) groups is 1. The number of anilines is 1. The van der Waals surface area contributed by atoms with Crippen molar-refractivity contribution in [3.63, 3.8) is 0 Å². The number of rotatable bonds is 3. The first kappa shape index (κ1) is 14.9. The zero-order valence-electron chi connectivity index (χ0n) is 12.9. The van der Waals surface area contributed by atoms with Crippen LogP contribution in [0.15, 0.2) is 12.1 Å². The van der Waals surface area contributed by atoms with Gasteiger partial charge in [0.25, 0.3) is 5.91 Å². The Morgan fingerprint density at radius 2 is 1.85 bits per heavy atom. The first-order chi connectivity index (χ1) is 9.54. The molecule has 0 radical (unpaired) electrons. The van der Waals surface area contributed by atoms with Crippen molar-refractivity contribution in [3.8, 4) is 0 Å². The van der Waals surface area contributed by atoms with Crippen LogP contribution in [-0.4, -0.2) is 23.4 Å². The van der Waals surface area contributed by atoms with Gasteiger partial charge in [-0.25, -0.2) is 0 Å². The predicted octanol–water partition coefficient (Wildman–Crippen LogP) is 3.68. The van der Waals surface area contributed by atoms with E-state index in [1.807, 2.05) is 30.9 Å². The van der Waals surface area contributed by atoms with Crippen molar-refractivity contribution in [2.75, 3.05) is 12.3 Å². The molecule has 20 heavy (non-hydrogen) atoms. The fraction of sp³-hybridized carbons (Fsp3) is 0.588. The van der Waals surface area contributed by atoms with Gasteiger partial charge < -0.3 is 10.6 Å². The smallest absolute Gasteiger partial charge is 0.254 e. The normalized spacial score (nSPS) is 16.1. The number of hydrogen-bond donors (Lipinski definition) is 1. The Hall–Kier alpha value is -1.51. The average molecular weight is 274 g/mol. The Morgan fingerprint density at radius 1 is 1.20 bits per heavy atom. The summed E-state index contributed by atoms with van der Waals surface area (Å²) in [7, 11) is 0. The van der Waals surface area contributed by atoms with Gasteiger partial charge in [-0.2, -0.15) is 0 Å². The number of amides is 1. The van der Waals surface area contributed by atoms with Gasteiger partial charge in [0.15, 0.2) is 0 Å². The lowest BCUT2D eigenvalue weighted by Gasteiger charge is -2.34. The number of aryl methyl sites for hydroxylation is 2. The van der Waals surface area contributed by atoms with E-state index in [-0.39, 0.29) is 5.91 Å². The molecule has 3 nitrogen and oxygen atoms in total. The van der Waals surface area contributed by atoms with E-state index >= 15 is 0 Å². The highest BCUT2D eigenvalue weighted by atomic mass is 16.2. The third kappa shape index (κ3) is 2.97. The van der Waals surface area contributed by atoms with Crippen LogP contribution in [0.1, 0.15) is 60.5 Å². The van der Waals surface area contributed by atoms with E-state index in [4.69, 9.17) is 5.73 Å². The molecule has 1 fully saturated rings. The summed E-state index contributed by atoms with van der Waals surface area (Å²) in [6.45, 7) is 6.82. The van der Waals surface area contributed by atoms with Crippen LogP contribution in [0.3, 0.4) is 0 Å². The minimum atomic E-state index is 0.142. The number of carbonyl (C=O) groups excluding carboxylic acids is 1. The van der Waals surface area contributed by atoms with Crippen LogP contribution in [0, 0.1) is 13.8 Å². The molecule has 1 aromatic rings. The Kier molecular flexibility index (Phi) is 4.69. The standard InChI is InChI=1S/C17H26N2O/c1-4-19(14-8-6-5-7-9-14)17(20)15-11-16(18)13(3)10-12(15)2/h10-11,14H,4-9,18H2,1-3H3. The fourth-order valence-electron chi connectivity index (χ4n) is 3.21. The van der Waals surface area contributed by atoms with Crippen LogP contribution in [0.4, 0.5) is 5.69 Å². The van der Waals surface area contributed by atoms with Crippen LogP contribution < -0.4 is 5.73 Å². The molecule has 0 spiro atoms. The summed E-state index contributed by atoms with van der Waals surface area (Å²) in [5.41, 5.74) is 9.51. The molecule has 1 saturated carbocycles. The third-order valence-electron chi connectivity index (χ3n) is 4.46. The summed E-state index contributed by atoms with van der Waals surface area (Å²) in [6.07, 6.45) is 6.06. The number of nitrogen functional groups attached to an aromatic ring is 1. The summed E-state index contributed by atoms with van der Waals surface area (Å²) < 4.78 is 0. The lowest BCUT2D eigenvalue weighted by molar-refractivity contribution is 0.0647. The summed E-state index contributed by atoms with van der Waals surface area (Å²) in [5, 5.41) is 0. The van der Waals surface area contributed by atoms with Gasteiger partial charge in [0.1, 0.15) is 0 Å². The molecular weight excluding hydrogens is 248 g/mol. The number of benzene rings is 1. The Morgan fingerprint density at radius 3 is 2.45 bits per heavy atom. The van der Waals surface area contributed by atoms with Crippen LogP contribution >= 0.6 is 0 Å². The maximum atomic E-state index is 12.8. The van der Waals surface area contributed by atoms with Gasteiger partial charge in [0, 0.05) is 23.8 Å². The summed E-state index contributed by atoms with van der Waals surface area (Å²) in [6, 6.07) is 4.26. The van der Waals surface area contributed by atoms with Crippen LogP contribution in [-0.2, 0) is 0 Å². The number of hydrogen-bond acceptors (Lipinski definition) is 2. The van der Waals surface area contributed by atoms with Crippen LogP contribution in [0.25, 0.3) is 0 Å². The topological polar surface area (TPSA) is 46.3 Å². The molecule has 1 aromatic carbocycles. The van der Waals surface area contributed by atoms with Crippen LogP contribution in [0.2, 0.25) is 0 Å². The van der Waals surface area contributed by atoms with E-state index in [0.717, 1.165) is 36.1 Å². The lowest BCUT2D eigenvalue weighted by Crippen LogP contribution is -2.41. The van der Waals surface area contributed by atoms with Crippen LogP contribution in [0.5, 0.6) is 0 Å². The van der Waals surface area contributed by atoms with E-state index in [1.165, 1.54) is 19.3 Å². The van der Waals surface area contributed by atoms with E-state index in [1.54, 1.807) is 0 Å². The van der Waals surface area contributed by atoms with E-state index in [9.17, 15) is 4.79 Å². The SMILES string of the molecule is CCN(C(=O)c1cc(N)c(C)cc1C)C1CCCCC1. The molecule has 0 saturated heterocycles. The molecule has 2 N–H and O–H groups in total. The van der Waals surface area contributed by atoms with Gasteiger partial charge in [-0.05, 0) is 50.8 Å². The third-order valence-corrected chi connectivity index (χ3v) is 4.46. The molecule has 0 unspecified atom stereocenters. The minimum absolute atomic E-state index is 0.142. The highest BCUT2D eigenvalue weighted by Crippen LogP contribution is 2.26. The van der Waals surface area contributed by atoms with Crippen molar-refractivity contribution >= 4 is 11.6 Å². The second kappa shape index (κ2) is 6.29. The van der Waals surface area contributed by atoms with Crippen molar-refractivity contribution < 1.29 is 4.79 Å². The second-order valence-corrected chi connectivity index (χ2v) is 5.91. The lowest BCUT2D eigenvalue weighted by atomic mass is 9.93. The Bertz CT molecular complexity index is 490. The first-order valence-corrected chi connectivity index (χ1v) is 7.72. The first-order valence-electron chi connectivity index (χ1n) is 7.72. The summed E-state index contributed by atoms with van der Waals surface area (Å²) in [5.74, 6) is 0.142. The maximum Gasteiger partial charge on any atom is 0.254 e. The van der Waals surface area contributed by atoms with Crippen molar-refractivity contribution in [2.45, 2.75) is 58.9 Å². The Labute approximate surface area is 122 Å². The molecule has 1 amide bonds. The largest absolute Gasteiger partial charge is 0.398 e.